The average Bonchev–Trinajstić information content (AvgIpc) is 2.98. The first kappa shape index (κ1) is 17.1. The van der Waals surface area contributed by atoms with E-state index in [4.69, 9.17) is 5.73 Å². The molecule has 1 fully saturated rings. The van der Waals surface area contributed by atoms with Crippen LogP contribution in [-0.2, 0) is 7.05 Å². The molecule has 5 heteroatoms. The minimum atomic E-state index is 0.231. The third kappa shape index (κ3) is 3.38. The van der Waals surface area contributed by atoms with Crippen LogP contribution in [0, 0.1) is 0 Å². The van der Waals surface area contributed by atoms with Crippen LogP contribution in [0.15, 0.2) is 36.5 Å². The van der Waals surface area contributed by atoms with Crippen LogP contribution in [0.1, 0.15) is 25.6 Å². The first-order chi connectivity index (χ1) is 11.6. The molecule has 0 radical (unpaired) electrons. The van der Waals surface area contributed by atoms with Crippen molar-refractivity contribution in [2.45, 2.75) is 25.9 Å². The van der Waals surface area contributed by atoms with Crippen LogP contribution in [-0.4, -0.2) is 58.1 Å². The molecular weight excluding hydrogens is 298 g/mol. The molecule has 1 unspecified atom stereocenters. The van der Waals surface area contributed by atoms with Crippen molar-refractivity contribution in [2.24, 2.45) is 12.8 Å². The SMILES string of the molecule is CC(C)N1CCN(C(CN)c2cnc(-c3ccccc3)n2C)CC1. The summed E-state index contributed by atoms with van der Waals surface area (Å²) in [6.45, 7) is 9.50. The van der Waals surface area contributed by atoms with Crippen molar-refractivity contribution in [1.82, 2.24) is 19.4 Å². The smallest absolute Gasteiger partial charge is 0.139 e. The van der Waals surface area contributed by atoms with E-state index in [1.807, 2.05) is 12.3 Å². The summed E-state index contributed by atoms with van der Waals surface area (Å²) >= 11 is 0. The van der Waals surface area contributed by atoms with Gasteiger partial charge in [-0.05, 0) is 13.8 Å². The van der Waals surface area contributed by atoms with Crippen molar-refractivity contribution in [3.63, 3.8) is 0 Å². The Kier molecular flexibility index (Phi) is 5.33. The fourth-order valence-corrected chi connectivity index (χ4v) is 3.61. The number of nitrogens with two attached hydrogens (primary N) is 1. The topological polar surface area (TPSA) is 50.3 Å². The molecule has 0 saturated carbocycles. The van der Waals surface area contributed by atoms with Crippen LogP contribution in [0.25, 0.3) is 11.4 Å². The van der Waals surface area contributed by atoms with Gasteiger partial charge in [0.15, 0.2) is 0 Å². The third-order valence-electron chi connectivity index (χ3n) is 5.14. The van der Waals surface area contributed by atoms with Gasteiger partial charge in [-0.3, -0.25) is 9.80 Å². The van der Waals surface area contributed by atoms with Gasteiger partial charge in [-0.25, -0.2) is 4.98 Å². The fraction of sp³-hybridized carbons (Fsp3) is 0.526. The van der Waals surface area contributed by atoms with E-state index < -0.39 is 0 Å². The molecular formula is C19H29N5. The third-order valence-corrected chi connectivity index (χ3v) is 5.14. The molecule has 0 spiro atoms. The van der Waals surface area contributed by atoms with E-state index in [1.54, 1.807) is 0 Å². The number of aromatic nitrogens is 2. The Bertz CT molecular complexity index is 641. The Labute approximate surface area is 145 Å². The molecule has 2 N–H and O–H groups in total. The zero-order chi connectivity index (χ0) is 17.1. The van der Waals surface area contributed by atoms with Gasteiger partial charge in [0.2, 0.25) is 0 Å². The van der Waals surface area contributed by atoms with Gasteiger partial charge in [-0.15, -0.1) is 0 Å². The summed E-state index contributed by atoms with van der Waals surface area (Å²) < 4.78 is 2.20. The molecule has 1 aliphatic rings. The van der Waals surface area contributed by atoms with Crippen molar-refractivity contribution in [1.29, 1.82) is 0 Å². The van der Waals surface area contributed by atoms with Gasteiger partial charge in [0.1, 0.15) is 5.82 Å². The van der Waals surface area contributed by atoms with Crippen LogP contribution in [0.3, 0.4) is 0 Å². The minimum absolute atomic E-state index is 0.231. The lowest BCUT2D eigenvalue weighted by molar-refractivity contribution is 0.0781. The van der Waals surface area contributed by atoms with Gasteiger partial charge in [0.25, 0.3) is 0 Å². The van der Waals surface area contributed by atoms with Gasteiger partial charge < -0.3 is 10.3 Å². The molecule has 24 heavy (non-hydrogen) atoms. The molecule has 130 valence electrons. The van der Waals surface area contributed by atoms with Crippen LogP contribution in [0.5, 0.6) is 0 Å². The molecule has 5 nitrogen and oxygen atoms in total. The molecule has 2 heterocycles. The largest absolute Gasteiger partial charge is 0.330 e. The second-order valence-corrected chi connectivity index (χ2v) is 6.85. The molecule has 1 aromatic carbocycles. The molecule has 0 amide bonds. The Hall–Kier alpha value is -1.69. The standard InChI is InChI=1S/C19H29N5/c1-15(2)23-9-11-24(12-10-23)17(13-20)18-14-21-19(22(18)3)16-7-5-4-6-8-16/h4-8,14-15,17H,9-13,20H2,1-3H3. The Balaban J connectivity index is 1.79. The van der Waals surface area contributed by atoms with E-state index >= 15 is 0 Å². The lowest BCUT2D eigenvalue weighted by Crippen LogP contribution is -2.51. The maximum absolute atomic E-state index is 6.15. The molecule has 0 aliphatic carbocycles. The second-order valence-electron chi connectivity index (χ2n) is 6.85. The lowest BCUT2D eigenvalue weighted by atomic mass is 10.1. The van der Waals surface area contributed by atoms with Crippen LogP contribution < -0.4 is 5.73 Å². The summed E-state index contributed by atoms with van der Waals surface area (Å²) in [4.78, 5) is 9.70. The molecule has 3 rings (SSSR count). The molecule has 1 saturated heterocycles. The Morgan fingerprint density at radius 1 is 1.04 bits per heavy atom. The Morgan fingerprint density at radius 2 is 1.67 bits per heavy atom. The molecule has 1 atom stereocenters. The van der Waals surface area contributed by atoms with Crippen molar-refractivity contribution >= 4 is 0 Å². The van der Waals surface area contributed by atoms with E-state index in [9.17, 15) is 0 Å². The highest BCUT2D eigenvalue weighted by Crippen LogP contribution is 2.26. The number of rotatable bonds is 5. The first-order valence-corrected chi connectivity index (χ1v) is 8.87. The van der Waals surface area contributed by atoms with Crippen molar-refractivity contribution in [3.05, 3.63) is 42.2 Å². The van der Waals surface area contributed by atoms with E-state index in [-0.39, 0.29) is 6.04 Å². The van der Waals surface area contributed by atoms with Gasteiger partial charge >= 0.3 is 0 Å². The summed E-state index contributed by atoms with van der Waals surface area (Å²) in [6.07, 6.45) is 1.99. The Morgan fingerprint density at radius 3 is 2.25 bits per heavy atom. The van der Waals surface area contributed by atoms with E-state index in [0.29, 0.717) is 12.6 Å². The summed E-state index contributed by atoms with van der Waals surface area (Å²) in [5.41, 5.74) is 8.50. The molecule has 0 bridgehead atoms. The van der Waals surface area contributed by atoms with Crippen molar-refractivity contribution in [2.75, 3.05) is 32.7 Å². The van der Waals surface area contributed by atoms with Gasteiger partial charge in [-0.1, -0.05) is 30.3 Å². The van der Waals surface area contributed by atoms with E-state index in [1.165, 1.54) is 5.69 Å². The second kappa shape index (κ2) is 7.47. The van der Waals surface area contributed by atoms with Crippen LogP contribution in [0.2, 0.25) is 0 Å². The summed E-state index contributed by atoms with van der Waals surface area (Å²) in [6, 6.07) is 11.2. The maximum atomic E-state index is 6.15. The zero-order valence-electron chi connectivity index (χ0n) is 15.0. The highest BCUT2D eigenvalue weighted by atomic mass is 15.3. The molecule has 1 aliphatic heterocycles. The number of hydrogen-bond donors (Lipinski definition) is 1. The van der Waals surface area contributed by atoms with Gasteiger partial charge in [0.05, 0.1) is 17.9 Å². The fourth-order valence-electron chi connectivity index (χ4n) is 3.61. The minimum Gasteiger partial charge on any atom is -0.330 e. The van der Waals surface area contributed by atoms with Crippen LogP contribution >= 0.6 is 0 Å². The summed E-state index contributed by atoms with van der Waals surface area (Å²) in [5, 5.41) is 0. The zero-order valence-corrected chi connectivity index (χ0v) is 15.0. The quantitative estimate of drug-likeness (QED) is 0.914. The normalized spacial score (nSPS) is 18.2. The highest BCUT2D eigenvalue weighted by Gasteiger charge is 2.27. The van der Waals surface area contributed by atoms with Gasteiger partial charge in [0, 0.05) is 51.4 Å². The monoisotopic (exact) mass is 327 g/mol. The summed E-state index contributed by atoms with van der Waals surface area (Å²) in [5.74, 6) is 1.00. The lowest BCUT2D eigenvalue weighted by Gasteiger charge is -2.40. The molecule has 1 aromatic heterocycles. The predicted molar refractivity (Wildman–Crippen MR) is 98.7 cm³/mol. The van der Waals surface area contributed by atoms with Crippen molar-refractivity contribution in [3.8, 4) is 11.4 Å². The number of benzene rings is 1. The number of hydrogen-bond acceptors (Lipinski definition) is 4. The molecule has 2 aromatic rings. The van der Waals surface area contributed by atoms with Crippen LogP contribution in [0.4, 0.5) is 0 Å². The van der Waals surface area contributed by atoms with Gasteiger partial charge in [-0.2, -0.15) is 0 Å². The predicted octanol–water partition coefficient (Wildman–Crippen LogP) is 2.11. The van der Waals surface area contributed by atoms with E-state index in [2.05, 4.69) is 64.5 Å². The van der Waals surface area contributed by atoms with E-state index in [0.717, 1.165) is 37.6 Å². The number of nitrogens with zero attached hydrogens (tertiary/aromatic N) is 4. The number of piperazine rings is 1. The van der Waals surface area contributed by atoms with Crippen molar-refractivity contribution < 1.29 is 0 Å². The number of imidazole rings is 1. The highest BCUT2D eigenvalue weighted by molar-refractivity contribution is 5.55. The summed E-state index contributed by atoms with van der Waals surface area (Å²) in [7, 11) is 2.09. The maximum Gasteiger partial charge on any atom is 0.139 e. The first-order valence-electron chi connectivity index (χ1n) is 8.87. The average molecular weight is 327 g/mol.